The fourth-order valence-electron chi connectivity index (χ4n) is 3.50. The largest absolute Gasteiger partial charge is 0.468 e. The topological polar surface area (TPSA) is 48.7 Å². The van der Waals surface area contributed by atoms with Gasteiger partial charge in [-0.3, -0.25) is 4.90 Å². The Labute approximate surface area is 156 Å². The predicted molar refractivity (Wildman–Crippen MR) is 103 cm³/mol. The highest BCUT2D eigenvalue weighted by atomic mass is 16.3. The third-order valence-electron chi connectivity index (χ3n) is 5.09. The zero-order valence-corrected chi connectivity index (χ0v) is 15.9. The van der Waals surface area contributed by atoms with Crippen LogP contribution >= 0.6 is 0 Å². The molecule has 1 aromatic carbocycles. The Morgan fingerprint density at radius 2 is 1.85 bits per heavy atom. The van der Waals surface area contributed by atoms with Crippen LogP contribution in [0.3, 0.4) is 0 Å². The highest BCUT2D eigenvalue weighted by molar-refractivity contribution is 5.75. The smallest absolute Gasteiger partial charge is 0.317 e. The zero-order chi connectivity index (χ0) is 18.5. The first kappa shape index (κ1) is 18.5. The first-order valence-corrected chi connectivity index (χ1v) is 9.40. The molecule has 0 saturated carbocycles. The Hall–Kier alpha value is -2.27. The summed E-state index contributed by atoms with van der Waals surface area (Å²) in [6.07, 6.45) is 1.71. The first-order valence-electron chi connectivity index (χ1n) is 9.40. The van der Waals surface area contributed by atoms with Gasteiger partial charge in [0.15, 0.2) is 0 Å². The van der Waals surface area contributed by atoms with Crippen LogP contribution in [0, 0.1) is 12.8 Å². The zero-order valence-electron chi connectivity index (χ0n) is 15.9. The Balaban J connectivity index is 1.56. The monoisotopic (exact) mass is 355 g/mol. The number of aryl methyl sites for hydroxylation is 1. The highest BCUT2D eigenvalue weighted by Gasteiger charge is 2.25. The molecule has 1 saturated heterocycles. The molecule has 1 atom stereocenters. The SMILES string of the molecule is Cc1ccccc1C(NC(=O)N1CCN(Cc2ccco2)CC1)C(C)C. The molecular weight excluding hydrogens is 326 g/mol. The number of hydrogen-bond donors (Lipinski definition) is 1. The Morgan fingerprint density at radius 1 is 1.12 bits per heavy atom. The maximum absolute atomic E-state index is 12.8. The Morgan fingerprint density at radius 3 is 2.46 bits per heavy atom. The van der Waals surface area contributed by atoms with Gasteiger partial charge in [0.2, 0.25) is 0 Å². The third kappa shape index (κ3) is 4.47. The minimum Gasteiger partial charge on any atom is -0.468 e. The molecular formula is C21H29N3O2. The average Bonchev–Trinajstić information content (AvgIpc) is 3.13. The number of piperazine rings is 1. The van der Waals surface area contributed by atoms with Gasteiger partial charge < -0.3 is 14.6 Å². The van der Waals surface area contributed by atoms with Gasteiger partial charge in [0.1, 0.15) is 5.76 Å². The number of urea groups is 1. The molecule has 5 heteroatoms. The van der Waals surface area contributed by atoms with Crippen LogP contribution in [0.4, 0.5) is 4.79 Å². The summed E-state index contributed by atoms with van der Waals surface area (Å²) in [4.78, 5) is 17.0. The van der Waals surface area contributed by atoms with Gasteiger partial charge >= 0.3 is 6.03 Å². The van der Waals surface area contributed by atoms with Crippen LogP contribution in [0.25, 0.3) is 0 Å². The van der Waals surface area contributed by atoms with Crippen molar-refractivity contribution < 1.29 is 9.21 Å². The van der Waals surface area contributed by atoms with Gasteiger partial charge in [-0.2, -0.15) is 0 Å². The molecule has 2 aromatic rings. The summed E-state index contributed by atoms with van der Waals surface area (Å²) in [5.74, 6) is 1.31. The molecule has 0 radical (unpaired) electrons. The summed E-state index contributed by atoms with van der Waals surface area (Å²) >= 11 is 0. The lowest BCUT2D eigenvalue weighted by molar-refractivity contribution is 0.127. The number of nitrogens with zero attached hydrogens (tertiary/aromatic N) is 2. The van der Waals surface area contributed by atoms with E-state index in [4.69, 9.17) is 4.42 Å². The lowest BCUT2D eigenvalue weighted by Gasteiger charge is -2.36. The van der Waals surface area contributed by atoms with Gasteiger partial charge in [-0.05, 0) is 36.1 Å². The molecule has 1 aliphatic heterocycles. The standard InChI is InChI=1S/C21H29N3O2/c1-16(2)20(19-9-5-4-7-17(19)3)22-21(25)24-12-10-23(11-13-24)15-18-8-6-14-26-18/h4-9,14,16,20H,10-13,15H2,1-3H3,(H,22,25). The number of amides is 2. The van der Waals surface area contributed by atoms with E-state index in [1.54, 1.807) is 6.26 Å². The lowest BCUT2D eigenvalue weighted by atomic mass is 9.93. The van der Waals surface area contributed by atoms with Crippen molar-refractivity contribution in [2.45, 2.75) is 33.4 Å². The van der Waals surface area contributed by atoms with Crippen LogP contribution in [0.1, 0.15) is 36.8 Å². The molecule has 1 fully saturated rings. The van der Waals surface area contributed by atoms with E-state index in [0.717, 1.165) is 38.5 Å². The first-order chi connectivity index (χ1) is 12.5. The number of rotatable bonds is 5. The van der Waals surface area contributed by atoms with Gasteiger partial charge in [-0.25, -0.2) is 4.79 Å². The Bertz CT molecular complexity index is 704. The van der Waals surface area contributed by atoms with Gasteiger partial charge in [0.25, 0.3) is 0 Å². The summed E-state index contributed by atoms with van der Waals surface area (Å²) in [5, 5.41) is 3.25. The van der Waals surface area contributed by atoms with Crippen LogP contribution in [0.15, 0.2) is 47.1 Å². The van der Waals surface area contributed by atoms with Crippen molar-refractivity contribution in [2.75, 3.05) is 26.2 Å². The molecule has 0 spiro atoms. The summed E-state index contributed by atoms with van der Waals surface area (Å²) < 4.78 is 5.42. The number of carbonyl (C=O) groups is 1. The molecule has 5 nitrogen and oxygen atoms in total. The summed E-state index contributed by atoms with van der Waals surface area (Å²) in [7, 11) is 0. The van der Waals surface area contributed by atoms with Gasteiger partial charge in [0, 0.05) is 26.2 Å². The quantitative estimate of drug-likeness (QED) is 0.887. The molecule has 1 unspecified atom stereocenters. The van der Waals surface area contributed by atoms with E-state index >= 15 is 0 Å². The maximum Gasteiger partial charge on any atom is 0.317 e. The van der Waals surface area contributed by atoms with Crippen LogP contribution in [-0.2, 0) is 6.54 Å². The minimum atomic E-state index is 0.0320. The number of benzene rings is 1. The van der Waals surface area contributed by atoms with E-state index in [-0.39, 0.29) is 12.1 Å². The molecule has 0 bridgehead atoms. The second-order valence-corrected chi connectivity index (χ2v) is 7.37. The lowest BCUT2D eigenvalue weighted by Crippen LogP contribution is -2.52. The van der Waals surface area contributed by atoms with E-state index in [1.165, 1.54) is 11.1 Å². The van der Waals surface area contributed by atoms with E-state index in [2.05, 4.69) is 43.1 Å². The summed E-state index contributed by atoms with van der Waals surface area (Å²) in [6, 6.07) is 12.3. The molecule has 2 amide bonds. The Kier molecular flexibility index (Phi) is 5.99. The molecule has 1 aromatic heterocycles. The van der Waals surface area contributed by atoms with Crippen molar-refractivity contribution in [3.8, 4) is 0 Å². The predicted octanol–water partition coefficient (Wildman–Crippen LogP) is 3.81. The number of nitrogens with one attached hydrogen (secondary N) is 1. The van der Waals surface area contributed by atoms with Crippen LogP contribution in [0.2, 0.25) is 0 Å². The highest BCUT2D eigenvalue weighted by Crippen LogP contribution is 2.25. The van der Waals surface area contributed by atoms with Crippen molar-refractivity contribution in [3.63, 3.8) is 0 Å². The number of furan rings is 1. The van der Waals surface area contributed by atoms with E-state index in [9.17, 15) is 4.79 Å². The number of hydrogen-bond acceptors (Lipinski definition) is 3. The molecule has 1 N–H and O–H groups in total. The molecule has 1 aliphatic rings. The second-order valence-electron chi connectivity index (χ2n) is 7.37. The van der Waals surface area contributed by atoms with Crippen LogP contribution in [0.5, 0.6) is 0 Å². The molecule has 0 aliphatic carbocycles. The molecule has 2 heterocycles. The van der Waals surface area contributed by atoms with Crippen molar-refractivity contribution >= 4 is 6.03 Å². The minimum absolute atomic E-state index is 0.0320. The van der Waals surface area contributed by atoms with Crippen molar-refractivity contribution in [2.24, 2.45) is 5.92 Å². The van der Waals surface area contributed by atoms with Gasteiger partial charge in [-0.1, -0.05) is 38.1 Å². The van der Waals surface area contributed by atoms with Crippen molar-refractivity contribution in [1.29, 1.82) is 0 Å². The van der Waals surface area contributed by atoms with Crippen LogP contribution < -0.4 is 5.32 Å². The van der Waals surface area contributed by atoms with Gasteiger partial charge in [-0.15, -0.1) is 0 Å². The number of carbonyl (C=O) groups excluding carboxylic acids is 1. The van der Waals surface area contributed by atoms with Gasteiger partial charge in [0.05, 0.1) is 18.8 Å². The molecule has 26 heavy (non-hydrogen) atoms. The fraction of sp³-hybridized carbons (Fsp3) is 0.476. The van der Waals surface area contributed by atoms with E-state index < -0.39 is 0 Å². The molecule has 140 valence electrons. The van der Waals surface area contributed by atoms with Crippen LogP contribution in [-0.4, -0.2) is 42.0 Å². The normalized spacial score (nSPS) is 16.7. The van der Waals surface area contributed by atoms with E-state index in [1.807, 2.05) is 29.2 Å². The summed E-state index contributed by atoms with van der Waals surface area (Å²) in [6.45, 7) is 10.4. The van der Waals surface area contributed by atoms with Crippen molar-refractivity contribution in [1.82, 2.24) is 15.1 Å². The van der Waals surface area contributed by atoms with Crippen molar-refractivity contribution in [3.05, 3.63) is 59.5 Å². The van der Waals surface area contributed by atoms with E-state index in [0.29, 0.717) is 5.92 Å². The average molecular weight is 355 g/mol. The maximum atomic E-state index is 12.8. The molecule has 3 rings (SSSR count). The summed E-state index contributed by atoms with van der Waals surface area (Å²) in [5.41, 5.74) is 2.42. The fourth-order valence-corrected chi connectivity index (χ4v) is 3.50. The third-order valence-corrected chi connectivity index (χ3v) is 5.09. The second kappa shape index (κ2) is 8.41.